The molecule has 0 amide bonds. The Kier molecular flexibility index (Phi) is 5.36. The average molecular weight is 407 g/mol. The van der Waals surface area contributed by atoms with E-state index in [1.54, 1.807) is 18.2 Å². The second-order valence-electron chi connectivity index (χ2n) is 5.85. The number of fused-ring (bicyclic) bond motifs is 1. The molecule has 0 radical (unpaired) electrons. The van der Waals surface area contributed by atoms with Crippen LogP contribution in [0.25, 0.3) is 10.8 Å². The molecule has 0 atom stereocenters. The summed E-state index contributed by atoms with van der Waals surface area (Å²) in [5, 5.41) is 1.08. The molecule has 1 aliphatic heterocycles. The number of anilines is 1. The molecule has 28 heavy (non-hydrogen) atoms. The van der Waals surface area contributed by atoms with Gasteiger partial charge in [0, 0.05) is 5.39 Å². The maximum absolute atomic E-state index is 12.4. The summed E-state index contributed by atoms with van der Waals surface area (Å²) >= 11 is 0. The van der Waals surface area contributed by atoms with Crippen LogP contribution in [0.2, 0.25) is 0 Å². The zero-order chi connectivity index (χ0) is 20.5. The predicted molar refractivity (Wildman–Crippen MR) is 98.1 cm³/mol. The Hall–Kier alpha value is -2.95. The van der Waals surface area contributed by atoms with Crippen LogP contribution in [-0.2, 0) is 33.9 Å². The summed E-state index contributed by atoms with van der Waals surface area (Å²) in [4.78, 5) is 25.7. The van der Waals surface area contributed by atoms with Crippen molar-refractivity contribution in [1.82, 2.24) is 0 Å². The van der Waals surface area contributed by atoms with Gasteiger partial charge in [-0.25, -0.2) is 9.59 Å². The monoisotopic (exact) mass is 407 g/mol. The minimum Gasteiger partial charge on any atom is -0.466 e. The van der Waals surface area contributed by atoms with Crippen LogP contribution in [0.4, 0.5) is 5.69 Å². The Bertz CT molecular complexity index is 1090. The molecule has 2 aromatic rings. The van der Waals surface area contributed by atoms with Crippen molar-refractivity contribution in [3.8, 4) is 0 Å². The van der Waals surface area contributed by atoms with Crippen LogP contribution in [0, 0.1) is 0 Å². The van der Waals surface area contributed by atoms with E-state index < -0.39 is 22.1 Å². The fourth-order valence-corrected chi connectivity index (χ4v) is 3.49. The second kappa shape index (κ2) is 7.58. The maximum atomic E-state index is 12.4. The lowest BCUT2D eigenvalue weighted by Crippen LogP contribution is -2.38. The summed E-state index contributed by atoms with van der Waals surface area (Å²) in [7, 11) is -1.98. The minimum absolute atomic E-state index is 0.00663. The summed E-state index contributed by atoms with van der Waals surface area (Å²) < 4.78 is 47.1. The lowest BCUT2D eigenvalue weighted by molar-refractivity contribution is -0.140. The van der Waals surface area contributed by atoms with Crippen molar-refractivity contribution in [2.45, 2.75) is 4.90 Å². The number of ether oxygens (including phenoxy) is 3. The van der Waals surface area contributed by atoms with E-state index in [0.29, 0.717) is 16.5 Å². The zero-order valence-electron chi connectivity index (χ0n) is 15.0. The van der Waals surface area contributed by atoms with E-state index in [1.807, 2.05) is 0 Å². The van der Waals surface area contributed by atoms with Crippen molar-refractivity contribution < 1.29 is 36.8 Å². The normalized spacial score (nSPS) is 14.9. The van der Waals surface area contributed by atoms with Crippen LogP contribution in [0.3, 0.4) is 0 Å². The fraction of sp³-hybridized carbons (Fsp3) is 0.222. The summed E-state index contributed by atoms with van der Waals surface area (Å²) in [6.07, 6.45) is 0. The highest BCUT2D eigenvalue weighted by Crippen LogP contribution is 2.33. The minimum atomic E-state index is -4.37. The van der Waals surface area contributed by atoms with E-state index in [1.165, 1.54) is 37.3 Å². The quantitative estimate of drug-likeness (QED) is 0.593. The largest absolute Gasteiger partial charge is 0.466 e. The lowest BCUT2D eigenvalue weighted by atomic mass is 10.1. The van der Waals surface area contributed by atoms with Crippen molar-refractivity contribution in [3.05, 3.63) is 47.7 Å². The van der Waals surface area contributed by atoms with Gasteiger partial charge in [0.25, 0.3) is 10.1 Å². The molecule has 1 heterocycles. The van der Waals surface area contributed by atoms with Gasteiger partial charge < -0.3 is 19.1 Å². The Morgan fingerprint density at radius 1 is 1.11 bits per heavy atom. The van der Waals surface area contributed by atoms with Gasteiger partial charge in [0.05, 0.1) is 37.0 Å². The molecule has 1 aliphatic rings. The Morgan fingerprint density at radius 3 is 2.46 bits per heavy atom. The number of hydrogen-bond donors (Lipinski definition) is 1. The molecular formula is C18H17NO8S. The van der Waals surface area contributed by atoms with E-state index in [4.69, 9.17) is 14.2 Å². The zero-order valence-corrected chi connectivity index (χ0v) is 15.9. The number of hydrogen-bond acceptors (Lipinski definition) is 8. The van der Waals surface area contributed by atoms with E-state index in [0.717, 1.165) is 0 Å². The first-order valence-electron chi connectivity index (χ1n) is 8.03. The Balaban J connectivity index is 2.22. The van der Waals surface area contributed by atoms with E-state index >= 15 is 0 Å². The molecule has 10 heteroatoms. The fourth-order valence-electron chi connectivity index (χ4n) is 2.97. The highest BCUT2D eigenvalue weighted by Gasteiger charge is 2.33. The molecule has 0 aliphatic carbocycles. The predicted octanol–water partition coefficient (Wildman–Crippen LogP) is 1.48. The molecule has 3 rings (SSSR count). The molecule has 0 aromatic heterocycles. The van der Waals surface area contributed by atoms with Crippen LogP contribution in [0.5, 0.6) is 0 Å². The Morgan fingerprint density at radius 2 is 1.82 bits per heavy atom. The van der Waals surface area contributed by atoms with Gasteiger partial charge in [-0.2, -0.15) is 8.42 Å². The molecule has 0 fully saturated rings. The number of methoxy groups -OCH3 is 2. The molecular weight excluding hydrogens is 390 g/mol. The van der Waals surface area contributed by atoms with Crippen molar-refractivity contribution in [2.75, 3.05) is 32.5 Å². The molecule has 0 spiro atoms. The highest BCUT2D eigenvalue weighted by atomic mass is 32.2. The van der Waals surface area contributed by atoms with Gasteiger partial charge >= 0.3 is 11.9 Å². The van der Waals surface area contributed by atoms with Gasteiger partial charge in [0.15, 0.2) is 0 Å². The summed E-state index contributed by atoms with van der Waals surface area (Å²) in [5.74, 6) is -1.46. The molecule has 148 valence electrons. The first kappa shape index (κ1) is 19.8. The third-order valence-corrected chi connectivity index (χ3v) is 5.10. The molecule has 0 unspecified atom stereocenters. The number of carbonyl (C=O) groups is 2. The Labute approximate surface area is 160 Å². The molecule has 0 bridgehead atoms. The first-order valence-corrected chi connectivity index (χ1v) is 9.47. The maximum Gasteiger partial charge on any atom is 0.355 e. The van der Waals surface area contributed by atoms with Crippen LogP contribution in [0.1, 0.15) is 0 Å². The van der Waals surface area contributed by atoms with E-state index in [9.17, 15) is 22.6 Å². The lowest BCUT2D eigenvalue weighted by Gasteiger charge is -2.32. The van der Waals surface area contributed by atoms with Crippen LogP contribution in [0.15, 0.2) is 52.6 Å². The van der Waals surface area contributed by atoms with E-state index in [2.05, 4.69) is 0 Å². The highest BCUT2D eigenvalue weighted by molar-refractivity contribution is 7.85. The van der Waals surface area contributed by atoms with Crippen LogP contribution >= 0.6 is 0 Å². The van der Waals surface area contributed by atoms with Gasteiger partial charge in [-0.05, 0) is 23.6 Å². The average Bonchev–Trinajstić information content (AvgIpc) is 2.70. The van der Waals surface area contributed by atoms with Gasteiger partial charge in [-0.1, -0.05) is 18.2 Å². The van der Waals surface area contributed by atoms with Gasteiger partial charge in [-0.15, -0.1) is 0 Å². The number of benzene rings is 2. The van der Waals surface area contributed by atoms with Gasteiger partial charge in [-0.3, -0.25) is 4.55 Å². The smallest absolute Gasteiger partial charge is 0.355 e. The van der Waals surface area contributed by atoms with Gasteiger partial charge in [0.1, 0.15) is 12.4 Å². The molecule has 1 N–H and O–H groups in total. The first-order chi connectivity index (χ1) is 13.3. The standard InChI is InChI=1S/C18H17NO8S/c1-25-17(20)14-9-27-10-19(16(14)18(21)26-2)15-5-3-4-11-8-12(28(22,23)24)6-7-13(11)15/h3-8H,9-10H2,1-2H3,(H,22,23,24). The number of nitrogens with zero attached hydrogens (tertiary/aromatic N) is 1. The van der Waals surface area contributed by atoms with Crippen LogP contribution in [-0.4, -0.2) is 52.5 Å². The summed E-state index contributed by atoms with van der Waals surface area (Å²) in [6.45, 7) is -0.157. The SMILES string of the molecule is COC(=O)C1=C(C(=O)OC)N(c2cccc3cc(S(=O)(=O)O)ccc23)COC1. The number of esters is 2. The van der Waals surface area contributed by atoms with Crippen molar-refractivity contribution in [1.29, 1.82) is 0 Å². The third-order valence-electron chi connectivity index (χ3n) is 4.25. The van der Waals surface area contributed by atoms with Crippen molar-refractivity contribution in [2.24, 2.45) is 0 Å². The molecule has 0 saturated carbocycles. The molecule has 0 saturated heterocycles. The third kappa shape index (κ3) is 3.57. The van der Waals surface area contributed by atoms with Gasteiger partial charge in [0.2, 0.25) is 0 Å². The summed E-state index contributed by atoms with van der Waals surface area (Å²) in [5.41, 5.74) is 0.472. The van der Waals surface area contributed by atoms with E-state index in [-0.39, 0.29) is 29.5 Å². The summed E-state index contributed by atoms with van der Waals surface area (Å²) in [6, 6.07) is 9.03. The van der Waals surface area contributed by atoms with Crippen molar-refractivity contribution in [3.63, 3.8) is 0 Å². The molecule has 9 nitrogen and oxygen atoms in total. The number of rotatable bonds is 4. The topological polar surface area (TPSA) is 119 Å². The van der Waals surface area contributed by atoms with Crippen LogP contribution < -0.4 is 4.90 Å². The molecule has 2 aromatic carbocycles. The van der Waals surface area contributed by atoms with Crippen molar-refractivity contribution >= 4 is 38.5 Å². The number of carbonyl (C=O) groups excluding carboxylic acids is 2. The second-order valence-corrected chi connectivity index (χ2v) is 7.27.